The number of anilines is 3. The Kier molecular flexibility index (Phi) is 4.30. The largest absolute Gasteiger partial charge is 0.378 e. The molecule has 1 aromatic carbocycles. The summed E-state index contributed by atoms with van der Waals surface area (Å²) >= 11 is 1.70. The van der Waals surface area contributed by atoms with Crippen LogP contribution in [0.25, 0.3) is 0 Å². The van der Waals surface area contributed by atoms with Crippen LogP contribution in [0.2, 0.25) is 0 Å². The monoisotopic (exact) mass is 331 g/mol. The summed E-state index contributed by atoms with van der Waals surface area (Å²) in [5, 5.41) is 10.8. The van der Waals surface area contributed by atoms with Crippen molar-refractivity contribution in [3.63, 3.8) is 0 Å². The lowest BCUT2D eigenvalue weighted by molar-refractivity contribution is 0.122. The number of benzene rings is 1. The first-order valence-electron chi connectivity index (χ1n) is 8.11. The minimum Gasteiger partial charge on any atom is -0.378 e. The van der Waals surface area contributed by atoms with Crippen molar-refractivity contribution in [2.24, 2.45) is 0 Å². The van der Waals surface area contributed by atoms with E-state index in [1.54, 1.807) is 11.3 Å². The Morgan fingerprint density at radius 3 is 1.96 bits per heavy atom. The lowest BCUT2D eigenvalue weighted by Crippen LogP contribution is -2.46. The zero-order valence-corrected chi connectivity index (χ0v) is 13.9. The maximum Gasteiger partial charge on any atom is 0.210 e. The molecule has 2 aliphatic heterocycles. The van der Waals surface area contributed by atoms with Gasteiger partial charge in [-0.05, 0) is 12.1 Å². The molecule has 2 fully saturated rings. The molecule has 0 bridgehead atoms. The highest BCUT2D eigenvalue weighted by molar-refractivity contribution is 7.19. The highest BCUT2D eigenvalue weighted by Gasteiger charge is 2.22. The minimum absolute atomic E-state index is 0.782. The van der Waals surface area contributed by atoms with Crippen LogP contribution >= 0.6 is 11.3 Å². The van der Waals surface area contributed by atoms with Crippen LogP contribution in [0.3, 0.4) is 0 Å². The van der Waals surface area contributed by atoms with Crippen LogP contribution in [-0.2, 0) is 4.74 Å². The van der Waals surface area contributed by atoms with Gasteiger partial charge in [0, 0.05) is 45.0 Å². The van der Waals surface area contributed by atoms with E-state index in [1.165, 1.54) is 5.69 Å². The second-order valence-electron chi connectivity index (χ2n) is 5.78. The first kappa shape index (κ1) is 14.7. The van der Waals surface area contributed by atoms with E-state index in [0.717, 1.165) is 62.7 Å². The molecular weight excluding hydrogens is 310 g/mol. The SMILES string of the molecule is c1ccc(N2CCN(c3nnc(N4CCOCC4)s3)CC2)cc1. The minimum atomic E-state index is 0.782. The number of para-hydroxylation sites is 1. The summed E-state index contributed by atoms with van der Waals surface area (Å²) in [7, 11) is 0. The lowest BCUT2D eigenvalue weighted by Gasteiger charge is -2.35. The Hall–Kier alpha value is -1.86. The number of ether oxygens (including phenoxy) is 1. The smallest absolute Gasteiger partial charge is 0.210 e. The molecule has 0 unspecified atom stereocenters. The van der Waals surface area contributed by atoms with Gasteiger partial charge in [-0.1, -0.05) is 29.5 Å². The normalized spacial score (nSPS) is 19.2. The van der Waals surface area contributed by atoms with Crippen LogP contribution in [0.15, 0.2) is 30.3 Å². The molecule has 0 N–H and O–H groups in total. The molecule has 0 aliphatic carbocycles. The Morgan fingerprint density at radius 2 is 1.30 bits per heavy atom. The first-order chi connectivity index (χ1) is 11.4. The summed E-state index contributed by atoms with van der Waals surface area (Å²) in [6.07, 6.45) is 0. The van der Waals surface area contributed by atoms with E-state index in [0.29, 0.717) is 0 Å². The van der Waals surface area contributed by atoms with Gasteiger partial charge in [-0.2, -0.15) is 0 Å². The molecule has 7 heteroatoms. The quantitative estimate of drug-likeness (QED) is 0.853. The number of aromatic nitrogens is 2. The summed E-state index contributed by atoms with van der Waals surface area (Å²) in [6.45, 7) is 7.43. The van der Waals surface area contributed by atoms with Crippen LogP contribution < -0.4 is 14.7 Å². The van der Waals surface area contributed by atoms with Crippen LogP contribution in [0.4, 0.5) is 16.0 Å². The molecule has 0 spiro atoms. The maximum absolute atomic E-state index is 5.40. The fourth-order valence-corrected chi connectivity index (χ4v) is 3.96. The van der Waals surface area contributed by atoms with Gasteiger partial charge >= 0.3 is 0 Å². The van der Waals surface area contributed by atoms with Gasteiger partial charge in [0.05, 0.1) is 13.2 Å². The van der Waals surface area contributed by atoms with E-state index in [1.807, 2.05) is 0 Å². The second kappa shape index (κ2) is 6.72. The van der Waals surface area contributed by atoms with Gasteiger partial charge in [-0.3, -0.25) is 0 Å². The van der Waals surface area contributed by atoms with E-state index in [2.05, 4.69) is 55.2 Å². The number of nitrogens with zero attached hydrogens (tertiary/aromatic N) is 5. The first-order valence-corrected chi connectivity index (χ1v) is 8.93. The van der Waals surface area contributed by atoms with Gasteiger partial charge in [0.2, 0.25) is 10.3 Å². The highest BCUT2D eigenvalue weighted by atomic mass is 32.1. The van der Waals surface area contributed by atoms with Crippen molar-refractivity contribution in [1.82, 2.24) is 10.2 Å². The molecule has 0 amide bonds. The highest BCUT2D eigenvalue weighted by Crippen LogP contribution is 2.28. The summed E-state index contributed by atoms with van der Waals surface area (Å²) in [6, 6.07) is 10.6. The van der Waals surface area contributed by atoms with E-state index >= 15 is 0 Å². The van der Waals surface area contributed by atoms with E-state index in [-0.39, 0.29) is 0 Å². The predicted molar refractivity (Wildman–Crippen MR) is 93.8 cm³/mol. The second-order valence-corrected chi connectivity index (χ2v) is 6.71. The molecular formula is C16H21N5OS. The van der Waals surface area contributed by atoms with Gasteiger partial charge in [-0.25, -0.2) is 0 Å². The molecule has 2 saturated heterocycles. The summed E-state index contributed by atoms with van der Waals surface area (Å²) in [4.78, 5) is 7.05. The van der Waals surface area contributed by atoms with Crippen molar-refractivity contribution in [3.05, 3.63) is 30.3 Å². The third-order valence-electron chi connectivity index (χ3n) is 4.36. The average Bonchev–Trinajstić information content (AvgIpc) is 3.14. The molecule has 2 aliphatic rings. The fourth-order valence-electron chi connectivity index (χ4n) is 3.01. The van der Waals surface area contributed by atoms with Gasteiger partial charge in [0.25, 0.3) is 0 Å². The number of piperazine rings is 1. The van der Waals surface area contributed by atoms with E-state index in [9.17, 15) is 0 Å². The lowest BCUT2D eigenvalue weighted by atomic mass is 10.2. The average molecular weight is 331 g/mol. The van der Waals surface area contributed by atoms with Crippen molar-refractivity contribution in [2.75, 3.05) is 67.2 Å². The molecule has 1 aromatic heterocycles. The molecule has 23 heavy (non-hydrogen) atoms. The van der Waals surface area contributed by atoms with E-state index in [4.69, 9.17) is 4.74 Å². The number of hydrogen-bond acceptors (Lipinski definition) is 7. The van der Waals surface area contributed by atoms with Crippen molar-refractivity contribution >= 4 is 27.3 Å². The van der Waals surface area contributed by atoms with Crippen molar-refractivity contribution in [2.45, 2.75) is 0 Å². The van der Waals surface area contributed by atoms with Gasteiger partial charge in [0.1, 0.15) is 0 Å². The predicted octanol–water partition coefficient (Wildman–Crippen LogP) is 1.70. The number of rotatable bonds is 3. The maximum atomic E-state index is 5.40. The molecule has 0 saturated carbocycles. The Morgan fingerprint density at radius 1 is 0.739 bits per heavy atom. The van der Waals surface area contributed by atoms with Gasteiger partial charge in [-0.15, -0.1) is 10.2 Å². The van der Waals surface area contributed by atoms with Crippen molar-refractivity contribution in [1.29, 1.82) is 0 Å². The van der Waals surface area contributed by atoms with Gasteiger partial charge < -0.3 is 19.4 Å². The summed E-state index contributed by atoms with van der Waals surface area (Å²) in [5.41, 5.74) is 1.30. The molecule has 122 valence electrons. The standard InChI is InChI=1S/C16H21N5OS/c1-2-4-14(5-3-1)19-6-8-20(9-7-19)15-17-18-16(23-15)21-10-12-22-13-11-21/h1-5H,6-13H2. The van der Waals surface area contributed by atoms with Crippen LogP contribution in [0, 0.1) is 0 Å². The van der Waals surface area contributed by atoms with Crippen LogP contribution in [0.5, 0.6) is 0 Å². The zero-order chi connectivity index (χ0) is 15.5. The van der Waals surface area contributed by atoms with Crippen LogP contribution in [-0.4, -0.2) is 62.7 Å². The van der Waals surface area contributed by atoms with Crippen molar-refractivity contribution in [3.8, 4) is 0 Å². The Labute approximate surface area is 140 Å². The molecule has 3 heterocycles. The number of hydrogen-bond donors (Lipinski definition) is 0. The van der Waals surface area contributed by atoms with Crippen molar-refractivity contribution < 1.29 is 4.74 Å². The Balaban J connectivity index is 1.38. The molecule has 4 rings (SSSR count). The third-order valence-corrected chi connectivity index (χ3v) is 5.40. The number of morpholine rings is 1. The fraction of sp³-hybridized carbons (Fsp3) is 0.500. The Bertz CT molecular complexity index is 620. The zero-order valence-electron chi connectivity index (χ0n) is 13.1. The summed E-state index contributed by atoms with van der Waals surface area (Å²) < 4.78 is 5.40. The van der Waals surface area contributed by atoms with E-state index < -0.39 is 0 Å². The van der Waals surface area contributed by atoms with Gasteiger partial charge in [0.15, 0.2) is 0 Å². The van der Waals surface area contributed by atoms with Crippen LogP contribution in [0.1, 0.15) is 0 Å². The molecule has 0 radical (unpaired) electrons. The topological polar surface area (TPSA) is 44.7 Å². The molecule has 2 aromatic rings. The molecule has 0 atom stereocenters. The third kappa shape index (κ3) is 3.25. The molecule has 6 nitrogen and oxygen atoms in total. The summed E-state index contributed by atoms with van der Waals surface area (Å²) in [5.74, 6) is 0.